The summed E-state index contributed by atoms with van der Waals surface area (Å²) in [5, 5.41) is 17.2. The van der Waals surface area contributed by atoms with E-state index in [1.807, 2.05) is 52.0 Å². The fourth-order valence-electron chi connectivity index (χ4n) is 2.68. The normalized spacial score (nSPS) is 10.4. The van der Waals surface area contributed by atoms with Crippen molar-refractivity contribution in [1.82, 2.24) is 10.6 Å². The number of carbonyl (C=O) groups excluding carboxylic acids is 2. The summed E-state index contributed by atoms with van der Waals surface area (Å²) in [7, 11) is 0. The van der Waals surface area contributed by atoms with Gasteiger partial charge in [0.25, 0.3) is 0 Å². The molecular formula is C31H52Cl2FN3O3. The fraction of sp³-hybridized carbons (Fsp3) is 0.548. The van der Waals surface area contributed by atoms with Crippen LogP contribution in [-0.4, -0.2) is 37.6 Å². The molecule has 0 saturated heterocycles. The van der Waals surface area contributed by atoms with Crippen LogP contribution in [0.2, 0.25) is 10.0 Å². The lowest BCUT2D eigenvalue weighted by Gasteiger charge is -2.15. The van der Waals surface area contributed by atoms with Gasteiger partial charge in [0.05, 0.1) is 5.02 Å². The molecule has 2 amide bonds. The molecule has 40 heavy (non-hydrogen) atoms. The molecule has 0 fully saturated rings. The van der Waals surface area contributed by atoms with Crippen molar-refractivity contribution in [2.75, 3.05) is 25.0 Å². The van der Waals surface area contributed by atoms with Crippen LogP contribution in [0.15, 0.2) is 36.4 Å². The molecule has 230 valence electrons. The third kappa shape index (κ3) is 24.8. The van der Waals surface area contributed by atoms with Crippen LogP contribution in [0.25, 0.3) is 0 Å². The van der Waals surface area contributed by atoms with Gasteiger partial charge in [-0.25, -0.2) is 4.39 Å². The number of hydrogen-bond acceptors (Lipinski definition) is 4. The summed E-state index contributed by atoms with van der Waals surface area (Å²) in [6.07, 6.45) is 2.83. The lowest BCUT2D eigenvalue weighted by Crippen LogP contribution is -2.20. The minimum absolute atomic E-state index is 0.0228. The molecule has 0 aliphatic heterocycles. The van der Waals surface area contributed by atoms with Crippen LogP contribution in [0, 0.1) is 11.2 Å². The molecule has 2 rings (SSSR count). The van der Waals surface area contributed by atoms with E-state index >= 15 is 0 Å². The van der Waals surface area contributed by atoms with Crippen LogP contribution >= 0.6 is 23.2 Å². The van der Waals surface area contributed by atoms with E-state index in [-0.39, 0.29) is 17.5 Å². The summed E-state index contributed by atoms with van der Waals surface area (Å²) in [5.41, 5.74) is 2.75. The van der Waals surface area contributed by atoms with Gasteiger partial charge in [0.15, 0.2) is 0 Å². The molecule has 0 bridgehead atoms. The van der Waals surface area contributed by atoms with Gasteiger partial charge in [-0.05, 0) is 59.6 Å². The minimum Gasteiger partial charge on any atom is -0.396 e. The molecule has 2 aromatic rings. The lowest BCUT2D eigenvalue weighted by atomic mass is 10.0. The Bertz CT molecular complexity index is 904. The minimum atomic E-state index is -0.511. The number of aliphatic hydroxyl groups excluding tert-OH is 1. The van der Waals surface area contributed by atoms with Crippen LogP contribution in [-0.2, 0) is 16.1 Å². The maximum Gasteiger partial charge on any atom is 0.211 e. The van der Waals surface area contributed by atoms with E-state index in [4.69, 9.17) is 28.3 Å². The molecule has 0 heterocycles. The predicted octanol–water partition coefficient (Wildman–Crippen LogP) is 8.20. The highest BCUT2D eigenvalue weighted by atomic mass is 35.5. The van der Waals surface area contributed by atoms with Crippen molar-refractivity contribution in [3.8, 4) is 0 Å². The second kappa shape index (κ2) is 27.0. The summed E-state index contributed by atoms with van der Waals surface area (Å²) < 4.78 is 13.6. The van der Waals surface area contributed by atoms with E-state index in [9.17, 15) is 14.0 Å². The van der Waals surface area contributed by atoms with Gasteiger partial charge in [-0.2, -0.15) is 0 Å². The summed E-state index contributed by atoms with van der Waals surface area (Å²) in [6, 6.07) is 10.4. The summed E-state index contributed by atoms with van der Waals surface area (Å²) in [4.78, 5) is 20.2. The van der Waals surface area contributed by atoms with Crippen molar-refractivity contribution in [1.29, 1.82) is 0 Å². The number of rotatable bonds is 12. The Morgan fingerprint density at radius 2 is 1.57 bits per heavy atom. The number of benzene rings is 2. The van der Waals surface area contributed by atoms with Crippen LogP contribution in [0.1, 0.15) is 92.2 Å². The summed E-state index contributed by atoms with van der Waals surface area (Å²) in [6.45, 7) is 20.8. The quantitative estimate of drug-likeness (QED) is 0.145. The molecule has 0 spiro atoms. The van der Waals surface area contributed by atoms with Crippen molar-refractivity contribution in [2.45, 2.75) is 87.6 Å². The van der Waals surface area contributed by atoms with Gasteiger partial charge >= 0.3 is 0 Å². The third-order valence-electron chi connectivity index (χ3n) is 4.36. The second-order valence-electron chi connectivity index (χ2n) is 9.78. The van der Waals surface area contributed by atoms with Gasteiger partial charge in [0.2, 0.25) is 12.8 Å². The van der Waals surface area contributed by atoms with Crippen molar-refractivity contribution >= 4 is 41.7 Å². The van der Waals surface area contributed by atoms with Crippen LogP contribution in [0.4, 0.5) is 10.1 Å². The van der Waals surface area contributed by atoms with Gasteiger partial charge < -0.3 is 21.1 Å². The van der Waals surface area contributed by atoms with E-state index in [0.717, 1.165) is 18.4 Å². The highest BCUT2D eigenvalue weighted by Crippen LogP contribution is 2.24. The molecule has 0 aliphatic rings. The molecule has 9 heteroatoms. The molecule has 0 aromatic heterocycles. The molecule has 6 nitrogen and oxygen atoms in total. The first kappa shape index (κ1) is 42.3. The SMILES string of the molecule is CC.CC.CC(C)(C)C.CC(CNCc1cc(F)c(Cl)cc1NC=O)c1cccc(Cl)c1.O=CNCCCCO. The zero-order chi connectivity index (χ0) is 31.6. The van der Waals surface area contributed by atoms with Crippen molar-refractivity contribution in [3.63, 3.8) is 0 Å². The molecule has 0 aliphatic carbocycles. The molecular weight excluding hydrogens is 552 g/mol. The van der Waals surface area contributed by atoms with Crippen LogP contribution < -0.4 is 16.0 Å². The van der Waals surface area contributed by atoms with Crippen LogP contribution in [0.5, 0.6) is 0 Å². The number of unbranched alkanes of at least 4 members (excludes halogenated alkanes) is 1. The number of carbonyl (C=O) groups is 2. The molecule has 1 atom stereocenters. The molecule has 0 saturated carbocycles. The van der Waals surface area contributed by atoms with E-state index in [2.05, 4.69) is 50.6 Å². The first-order valence-corrected chi connectivity index (χ1v) is 14.6. The van der Waals surface area contributed by atoms with Crippen LogP contribution in [0.3, 0.4) is 0 Å². The maximum atomic E-state index is 13.6. The standard InChI is InChI=1S/C17H17Cl2FN2O.C5H11NO2.C5H12.2C2H6/c1-11(12-3-2-4-14(18)5-12)8-21-9-13-6-16(20)15(19)7-17(13)22-10-23;7-4-2-1-3-6-5-8;1-5(2,3)4;2*1-2/h2-7,10-11,21H,8-9H2,1H3,(H,22,23);5,7H,1-4H2,(H,6,8);1-4H3;2*1-2H3. The summed E-state index contributed by atoms with van der Waals surface area (Å²) in [5.74, 6) is -0.267. The number of hydrogen-bond donors (Lipinski definition) is 4. The van der Waals surface area contributed by atoms with Gasteiger partial charge in [-0.3, -0.25) is 9.59 Å². The Balaban J connectivity index is -0.000000665. The average molecular weight is 605 g/mol. The lowest BCUT2D eigenvalue weighted by molar-refractivity contribution is -0.109. The Morgan fingerprint density at radius 3 is 2.08 bits per heavy atom. The van der Waals surface area contributed by atoms with Crippen molar-refractivity contribution < 1.29 is 19.1 Å². The Labute approximate surface area is 252 Å². The van der Waals surface area contributed by atoms with E-state index in [0.29, 0.717) is 54.1 Å². The monoisotopic (exact) mass is 603 g/mol. The Hall–Kier alpha value is -2.19. The molecule has 2 aromatic carbocycles. The summed E-state index contributed by atoms with van der Waals surface area (Å²) >= 11 is 11.7. The molecule has 1 unspecified atom stereocenters. The predicted molar refractivity (Wildman–Crippen MR) is 171 cm³/mol. The highest BCUT2D eigenvalue weighted by molar-refractivity contribution is 6.31. The van der Waals surface area contributed by atoms with E-state index in [1.165, 1.54) is 12.1 Å². The number of aliphatic hydroxyl groups is 1. The maximum absolute atomic E-state index is 13.6. The zero-order valence-electron chi connectivity index (χ0n) is 25.8. The smallest absolute Gasteiger partial charge is 0.211 e. The number of nitrogens with one attached hydrogen (secondary N) is 3. The molecule has 0 radical (unpaired) electrons. The van der Waals surface area contributed by atoms with Gasteiger partial charge in [0, 0.05) is 37.0 Å². The Morgan fingerprint density at radius 1 is 0.975 bits per heavy atom. The fourth-order valence-corrected chi connectivity index (χ4v) is 3.05. The first-order chi connectivity index (χ1) is 18.9. The first-order valence-electron chi connectivity index (χ1n) is 13.8. The number of halogens is 3. The van der Waals surface area contributed by atoms with Crippen molar-refractivity contribution in [2.24, 2.45) is 5.41 Å². The Kier molecular flexibility index (Phi) is 28.5. The van der Waals surface area contributed by atoms with E-state index < -0.39 is 5.82 Å². The van der Waals surface area contributed by atoms with Crippen molar-refractivity contribution in [3.05, 3.63) is 63.4 Å². The second-order valence-corrected chi connectivity index (χ2v) is 10.6. The number of amides is 2. The number of anilines is 1. The van der Waals surface area contributed by atoms with Gasteiger partial charge in [-0.1, -0.05) is 97.6 Å². The topological polar surface area (TPSA) is 90.5 Å². The third-order valence-corrected chi connectivity index (χ3v) is 4.88. The van der Waals surface area contributed by atoms with Gasteiger partial charge in [0.1, 0.15) is 5.82 Å². The van der Waals surface area contributed by atoms with Gasteiger partial charge in [-0.15, -0.1) is 0 Å². The van der Waals surface area contributed by atoms with E-state index in [1.54, 1.807) is 0 Å². The average Bonchev–Trinajstić information content (AvgIpc) is 2.91. The highest BCUT2D eigenvalue weighted by Gasteiger charge is 2.10. The zero-order valence-corrected chi connectivity index (χ0v) is 27.3. The molecule has 4 N–H and O–H groups in total. The largest absolute Gasteiger partial charge is 0.396 e.